The third kappa shape index (κ3) is 4.16. The fourth-order valence-electron chi connectivity index (χ4n) is 5.64. The lowest BCUT2D eigenvalue weighted by molar-refractivity contribution is -0.122. The molecular formula is C28H28N4O5. The first kappa shape index (κ1) is 23.3. The highest BCUT2D eigenvalue weighted by Crippen LogP contribution is 2.39. The first-order valence-corrected chi connectivity index (χ1v) is 12.5. The molecule has 2 aliphatic rings. The summed E-state index contributed by atoms with van der Waals surface area (Å²) >= 11 is 0. The first-order chi connectivity index (χ1) is 17.9. The Balaban J connectivity index is 1.47. The molecule has 37 heavy (non-hydrogen) atoms. The third-order valence-electron chi connectivity index (χ3n) is 7.32. The Bertz CT molecular complexity index is 1570. The van der Waals surface area contributed by atoms with Gasteiger partial charge in [0, 0.05) is 58.4 Å². The van der Waals surface area contributed by atoms with Crippen LogP contribution < -0.4 is 5.32 Å². The normalized spacial score (nSPS) is 17.8. The number of benzene rings is 2. The maximum absolute atomic E-state index is 13.1. The van der Waals surface area contributed by atoms with Gasteiger partial charge in [-0.3, -0.25) is 14.9 Å². The number of nitrogens with one attached hydrogen (secondary N) is 2. The Labute approximate surface area is 212 Å². The molecule has 9 nitrogen and oxygen atoms in total. The SMILES string of the molecule is O=C1NC(=O)C(c2cn(CC(O)CN3CCCCC3)c3ccc(O)cc23)=C1c1c[nH]c2ccc(O)cc12. The van der Waals surface area contributed by atoms with Gasteiger partial charge in [0.15, 0.2) is 0 Å². The van der Waals surface area contributed by atoms with E-state index in [0.717, 1.165) is 31.4 Å². The number of hydrogen-bond donors (Lipinski definition) is 5. The molecule has 4 heterocycles. The van der Waals surface area contributed by atoms with Gasteiger partial charge >= 0.3 is 0 Å². The standard InChI is InChI=1S/C28H28N4O5/c33-16-4-6-23-19(10-16)21(12-29-23)25-26(28(37)30-27(25)36)22-15-32(24-7-5-17(34)11-20(22)24)14-18(35)13-31-8-2-1-3-9-31/h4-7,10-12,15,18,29,33-35H,1-3,8-9,13-14H2,(H,30,36,37). The number of aromatic hydroxyl groups is 2. The number of carbonyl (C=O) groups excluding carboxylic acids is 2. The summed E-state index contributed by atoms with van der Waals surface area (Å²) < 4.78 is 1.88. The predicted molar refractivity (Wildman–Crippen MR) is 140 cm³/mol. The second-order valence-corrected chi connectivity index (χ2v) is 9.88. The number of aliphatic hydroxyl groups is 1. The Morgan fingerprint density at radius 2 is 1.51 bits per heavy atom. The van der Waals surface area contributed by atoms with E-state index in [0.29, 0.717) is 40.5 Å². The van der Waals surface area contributed by atoms with E-state index < -0.39 is 17.9 Å². The monoisotopic (exact) mass is 500 g/mol. The highest BCUT2D eigenvalue weighted by atomic mass is 16.3. The number of fused-ring (bicyclic) bond motifs is 2. The quantitative estimate of drug-likeness (QED) is 0.259. The molecule has 0 bridgehead atoms. The molecule has 1 unspecified atom stereocenters. The van der Waals surface area contributed by atoms with Crippen molar-refractivity contribution in [2.75, 3.05) is 19.6 Å². The van der Waals surface area contributed by atoms with Gasteiger partial charge < -0.3 is 29.8 Å². The number of hydrogen-bond acceptors (Lipinski definition) is 6. The largest absolute Gasteiger partial charge is 0.508 e. The average molecular weight is 501 g/mol. The Morgan fingerprint density at radius 3 is 2.27 bits per heavy atom. The number of piperidine rings is 1. The van der Waals surface area contributed by atoms with E-state index in [9.17, 15) is 24.9 Å². The minimum Gasteiger partial charge on any atom is -0.508 e. The minimum atomic E-state index is -0.626. The highest BCUT2D eigenvalue weighted by molar-refractivity contribution is 6.50. The first-order valence-electron chi connectivity index (χ1n) is 12.5. The van der Waals surface area contributed by atoms with E-state index in [1.807, 2.05) is 4.57 Å². The van der Waals surface area contributed by atoms with Gasteiger partial charge in [-0.2, -0.15) is 0 Å². The van der Waals surface area contributed by atoms with Crippen LogP contribution in [0.4, 0.5) is 0 Å². The van der Waals surface area contributed by atoms with E-state index >= 15 is 0 Å². The van der Waals surface area contributed by atoms with Crippen molar-refractivity contribution in [1.29, 1.82) is 0 Å². The van der Waals surface area contributed by atoms with Gasteiger partial charge in [0.1, 0.15) is 11.5 Å². The zero-order chi connectivity index (χ0) is 25.7. The number of H-pyrrole nitrogens is 1. The molecule has 0 aliphatic carbocycles. The lowest BCUT2D eigenvalue weighted by Gasteiger charge is -2.28. The summed E-state index contributed by atoms with van der Waals surface area (Å²) in [5, 5.41) is 34.8. The lowest BCUT2D eigenvalue weighted by Crippen LogP contribution is -2.37. The summed E-state index contributed by atoms with van der Waals surface area (Å²) in [6.45, 7) is 2.80. The van der Waals surface area contributed by atoms with Crippen LogP contribution in [0.3, 0.4) is 0 Å². The van der Waals surface area contributed by atoms with Crippen molar-refractivity contribution in [3.8, 4) is 11.5 Å². The zero-order valence-electron chi connectivity index (χ0n) is 20.2. The number of aromatic amines is 1. The molecule has 190 valence electrons. The zero-order valence-corrected chi connectivity index (χ0v) is 20.2. The molecule has 9 heteroatoms. The Kier molecular flexibility index (Phi) is 5.73. The van der Waals surface area contributed by atoms with Gasteiger partial charge in [0.25, 0.3) is 11.8 Å². The van der Waals surface area contributed by atoms with Crippen LogP contribution in [-0.4, -0.2) is 67.3 Å². The van der Waals surface area contributed by atoms with Crippen molar-refractivity contribution in [2.45, 2.75) is 31.9 Å². The summed E-state index contributed by atoms with van der Waals surface area (Å²) in [7, 11) is 0. The molecule has 1 saturated heterocycles. The van der Waals surface area contributed by atoms with Crippen LogP contribution in [0, 0.1) is 0 Å². The number of carbonyl (C=O) groups is 2. The van der Waals surface area contributed by atoms with Crippen molar-refractivity contribution in [3.05, 3.63) is 59.9 Å². The molecule has 0 radical (unpaired) electrons. The number of aliphatic hydroxyl groups excluding tert-OH is 1. The summed E-state index contributed by atoms with van der Waals surface area (Å²) in [5.74, 6) is -0.991. The second-order valence-electron chi connectivity index (χ2n) is 9.88. The highest BCUT2D eigenvalue weighted by Gasteiger charge is 2.35. The number of phenolic OH excluding ortho intramolecular Hbond substituents is 2. The fraction of sp³-hybridized carbons (Fsp3) is 0.286. The van der Waals surface area contributed by atoms with Crippen LogP contribution >= 0.6 is 0 Å². The number of imide groups is 1. The van der Waals surface area contributed by atoms with Gasteiger partial charge in [-0.25, -0.2) is 0 Å². The molecule has 2 amide bonds. The molecular weight excluding hydrogens is 472 g/mol. The van der Waals surface area contributed by atoms with Crippen LogP contribution in [0.1, 0.15) is 30.4 Å². The van der Waals surface area contributed by atoms with E-state index in [1.54, 1.807) is 48.8 Å². The summed E-state index contributed by atoms with van der Waals surface area (Å²) in [4.78, 5) is 31.5. The third-order valence-corrected chi connectivity index (χ3v) is 7.32. The van der Waals surface area contributed by atoms with Gasteiger partial charge in [-0.15, -0.1) is 0 Å². The van der Waals surface area contributed by atoms with Gasteiger partial charge in [0.2, 0.25) is 0 Å². The topological polar surface area (TPSA) is 131 Å². The number of nitrogens with zero attached hydrogens (tertiary/aromatic N) is 2. The van der Waals surface area contributed by atoms with Gasteiger partial charge in [0.05, 0.1) is 17.3 Å². The number of β-amino-alcohol motifs (C(OH)–C–C–N with tert-alkyl or cyclic N) is 1. The van der Waals surface area contributed by atoms with E-state index in [2.05, 4.69) is 15.2 Å². The maximum Gasteiger partial charge on any atom is 0.259 e. The summed E-state index contributed by atoms with van der Waals surface area (Å²) in [5.41, 5.74) is 2.82. The van der Waals surface area contributed by atoms with E-state index in [4.69, 9.17) is 0 Å². The van der Waals surface area contributed by atoms with Crippen LogP contribution in [0.2, 0.25) is 0 Å². The van der Waals surface area contributed by atoms with Crippen molar-refractivity contribution in [2.24, 2.45) is 0 Å². The molecule has 1 fully saturated rings. The number of phenols is 2. The van der Waals surface area contributed by atoms with Crippen molar-refractivity contribution in [3.63, 3.8) is 0 Å². The van der Waals surface area contributed by atoms with Crippen LogP contribution in [-0.2, 0) is 16.1 Å². The van der Waals surface area contributed by atoms with Crippen molar-refractivity contribution < 1.29 is 24.9 Å². The van der Waals surface area contributed by atoms with Gasteiger partial charge in [-0.05, 0) is 62.3 Å². The average Bonchev–Trinajstić information content (AvgIpc) is 3.51. The molecule has 0 saturated carbocycles. The lowest BCUT2D eigenvalue weighted by atomic mass is 9.95. The molecule has 4 aromatic rings. The van der Waals surface area contributed by atoms with Crippen molar-refractivity contribution in [1.82, 2.24) is 19.8 Å². The second kappa shape index (κ2) is 9.10. The Morgan fingerprint density at radius 1 is 0.838 bits per heavy atom. The molecule has 5 N–H and O–H groups in total. The summed E-state index contributed by atoms with van der Waals surface area (Å²) in [6, 6.07) is 9.69. The number of amides is 2. The fourth-order valence-corrected chi connectivity index (χ4v) is 5.64. The van der Waals surface area contributed by atoms with E-state index in [1.165, 1.54) is 6.42 Å². The molecule has 6 rings (SSSR count). The maximum atomic E-state index is 13.1. The minimum absolute atomic E-state index is 0.0317. The Hall–Kier alpha value is -4.08. The number of likely N-dealkylation sites (tertiary alicyclic amines) is 1. The van der Waals surface area contributed by atoms with E-state index in [-0.39, 0.29) is 22.6 Å². The predicted octanol–water partition coefficient (Wildman–Crippen LogP) is 2.95. The van der Waals surface area contributed by atoms with Gasteiger partial charge in [-0.1, -0.05) is 6.42 Å². The number of rotatable bonds is 6. The summed E-state index contributed by atoms with van der Waals surface area (Å²) in [6.07, 6.45) is 6.28. The van der Waals surface area contributed by atoms with Crippen LogP contribution in [0.15, 0.2) is 48.8 Å². The molecule has 0 spiro atoms. The molecule has 2 aromatic heterocycles. The number of aromatic nitrogens is 2. The van der Waals surface area contributed by atoms with Crippen LogP contribution in [0.5, 0.6) is 11.5 Å². The molecule has 2 aliphatic heterocycles. The molecule has 2 aromatic carbocycles. The van der Waals surface area contributed by atoms with Crippen LogP contribution in [0.25, 0.3) is 33.0 Å². The molecule has 1 atom stereocenters. The smallest absolute Gasteiger partial charge is 0.259 e. The van der Waals surface area contributed by atoms with Crippen molar-refractivity contribution >= 4 is 44.8 Å².